The molecule has 0 aromatic heterocycles. The van der Waals surface area contributed by atoms with Gasteiger partial charge in [-0.05, 0) is 51.5 Å². The molecule has 0 radical (unpaired) electrons. The molecular weight excluding hydrogens is 464 g/mol. The lowest BCUT2D eigenvalue weighted by Gasteiger charge is -2.30. The third kappa shape index (κ3) is 9.85. The van der Waals surface area contributed by atoms with E-state index in [0.29, 0.717) is 19.4 Å². The van der Waals surface area contributed by atoms with Crippen LogP contribution in [0.1, 0.15) is 59.4 Å². The fourth-order valence-electron chi connectivity index (χ4n) is 3.96. The highest BCUT2D eigenvalue weighted by molar-refractivity contribution is 5.88. The lowest BCUT2D eigenvalue weighted by molar-refractivity contribution is -0.135. The van der Waals surface area contributed by atoms with Crippen LogP contribution in [0, 0.1) is 11.8 Å². The first-order valence-electron chi connectivity index (χ1n) is 12.4. The topological polar surface area (TPSA) is 146 Å². The van der Waals surface area contributed by atoms with E-state index < -0.39 is 47.6 Å². The van der Waals surface area contributed by atoms with E-state index in [9.17, 15) is 24.3 Å². The minimum atomic E-state index is -1.58. The normalized spacial score (nSPS) is 18.1. The average molecular weight is 505 g/mol. The summed E-state index contributed by atoms with van der Waals surface area (Å²) in [5, 5.41) is 21.6. The van der Waals surface area contributed by atoms with Crippen LogP contribution in [0.5, 0.6) is 0 Å². The van der Waals surface area contributed by atoms with Crippen LogP contribution in [0.2, 0.25) is 0 Å². The SMILES string of the molecule is CC(C)C[C@H](NC(=O)OCc1ccccc1)C(=O)N[C@@H](CC1CCNC1=O)C(O)C(=O)NC(C)(C)C. The fourth-order valence-corrected chi connectivity index (χ4v) is 3.96. The second kappa shape index (κ2) is 13.2. The van der Waals surface area contributed by atoms with Gasteiger partial charge in [-0.3, -0.25) is 14.4 Å². The first-order chi connectivity index (χ1) is 16.9. The lowest BCUT2D eigenvalue weighted by atomic mass is 9.93. The highest BCUT2D eigenvalue weighted by Gasteiger charge is 2.36. The number of hydrogen-bond acceptors (Lipinski definition) is 6. The van der Waals surface area contributed by atoms with Crippen LogP contribution < -0.4 is 21.3 Å². The van der Waals surface area contributed by atoms with Crippen molar-refractivity contribution < 1.29 is 29.0 Å². The summed E-state index contributed by atoms with van der Waals surface area (Å²) in [4.78, 5) is 50.5. The van der Waals surface area contributed by atoms with Gasteiger partial charge < -0.3 is 31.1 Å². The number of hydrogen-bond donors (Lipinski definition) is 5. The third-order valence-corrected chi connectivity index (χ3v) is 5.71. The number of alkyl carbamates (subject to hydrolysis) is 1. The second-order valence-electron chi connectivity index (χ2n) is 10.7. The average Bonchev–Trinajstić information content (AvgIpc) is 3.19. The van der Waals surface area contributed by atoms with Crippen molar-refractivity contribution in [3.63, 3.8) is 0 Å². The Morgan fingerprint density at radius 1 is 1.11 bits per heavy atom. The van der Waals surface area contributed by atoms with Crippen LogP contribution in [0.3, 0.4) is 0 Å². The number of rotatable bonds is 11. The molecule has 10 nitrogen and oxygen atoms in total. The molecule has 2 rings (SSSR count). The standard InChI is InChI=1S/C26H40N4O6/c1-16(2)13-20(29-25(35)36-15-17-9-7-6-8-10-17)23(33)28-19(14-18-11-12-27-22(18)32)21(31)24(34)30-26(3,4)5/h6-10,16,18-21,31H,11-15H2,1-5H3,(H,27,32)(H,28,33)(H,29,35)(H,30,34)/t18?,19-,20-,21?/m0/s1. The summed E-state index contributed by atoms with van der Waals surface area (Å²) >= 11 is 0. The summed E-state index contributed by atoms with van der Waals surface area (Å²) < 4.78 is 5.26. The second-order valence-corrected chi connectivity index (χ2v) is 10.7. The molecule has 4 atom stereocenters. The van der Waals surface area contributed by atoms with Gasteiger partial charge in [0.05, 0.1) is 6.04 Å². The van der Waals surface area contributed by atoms with Crippen LogP contribution in [0.4, 0.5) is 4.79 Å². The Labute approximate surface area is 212 Å². The molecule has 1 aromatic rings. The molecule has 10 heteroatoms. The first-order valence-corrected chi connectivity index (χ1v) is 12.4. The van der Waals surface area contributed by atoms with Crippen molar-refractivity contribution in [1.29, 1.82) is 0 Å². The number of aliphatic hydroxyl groups excluding tert-OH is 1. The maximum absolute atomic E-state index is 13.2. The van der Waals surface area contributed by atoms with Crippen molar-refractivity contribution in [1.82, 2.24) is 21.3 Å². The van der Waals surface area contributed by atoms with Crippen molar-refractivity contribution in [2.24, 2.45) is 11.8 Å². The molecule has 2 unspecified atom stereocenters. The maximum atomic E-state index is 13.2. The molecule has 1 aliphatic rings. The molecule has 5 N–H and O–H groups in total. The molecule has 1 heterocycles. The lowest BCUT2D eigenvalue weighted by Crippen LogP contribution is -2.58. The van der Waals surface area contributed by atoms with Crippen molar-refractivity contribution in [3.05, 3.63) is 35.9 Å². The highest BCUT2D eigenvalue weighted by atomic mass is 16.5. The number of ether oxygens (including phenoxy) is 1. The molecule has 1 fully saturated rings. The quantitative estimate of drug-likeness (QED) is 0.310. The molecule has 0 aliphatic carbocycles. The maximum Gasteiger partial charge on any atom is 0.408 e. The third-order valence-electron chi connectivity index (χ3n) is 5.71. The van der Waals surface area contributed by atoms with Crippen LogP contribution in [0.25, 0.3) is 0 Å². The van der Waals surface area contributed by atoms with E-state index in [1.807, 2.05) is 44.2 Å². The van der Waals surface area contributed by atoms with Crippen molar-refractivity contribution >= 4 is 23.8 Å². The van der Waals surface area contributed by atoms with E-state index in [1.165, 1.54) is 0 Å². The highest BCUT2D eigenvalue weighted by Crippen LogP contribution is 2.19. The monoisotopic (exact) mass is 504 g/mol. The summed E-state index contributed by atoms with van der Waals surface area (Å²) in [7, 11) is 0. The molecule has 1 aromatic carbocycles. The summed E-state index contributed by atoms with van der Waals surface area (Å²) in [5.74, 6) is -1.78. The predicted molar refractivity (Wildman–Crippen MR) is 135 cm³/mol. The van der Waals surface area contributed by atoms with Gasteiger partial charge in [-0.25, -0.2) is 4.79 Å². The summed E-state index contributed by atoms with van der Waals surface area (Å²) in [6, 6.07) is 7.18. The Morgan fingerprint density at radius 3 is 2.33 bits per heavy atom. The smallest absolute Gasteiger partial charge is 0.408 e. The molecule has 36 heavy (non-hydrogen) atoms. The largest absolute Gasteiger partial charge is 0.445 e. The number of carbonyl (C=O) groups is 4. The van der Waals surface area contributed by atoms with E-state index in [1.54, 1.807) is 20.8 Å². The first kappa shape index (κ1) is 29.1. The Hall–Kier alpha value is -3.14. The van der Waals surface area contributed by atoms with Crippen LogP contribution >= 0.6 is 0 Å². The van der Waals surface area contributed by atoms with Crippen molar-refractivity contribution in [2.45, 2.75) is 84.2 Å². The molecule has 4 amide bonds. The number of carbonyl (C=O) groups excluding carboxylic acids is 4. The molecule has 1 saturated heterocycles. The molecule has 0 spiro atoms. The van der Waals surface area contributed by atoms with E-state index in [-0.39, 0.29) is 24.9 Å². The van der Waals surface area contributed by atoms with Crippen LogP contribution in [-0.2, 0) is 25.7 Å². The van der Waals surface area contributed by atoms with Gasteiger partial charge >= 0.3 is 6.09 Å². The van der Waals surface area contributed by atoms with Gasteiger partial charge in [0, 0.05) is 18.0 Å². The molecular formula is C26H40N4O6. The molecule has 0 bridgehead atoms. The van der Waals surface area contributed by atoms with E-state index in [0.717, 1.165) is 5.56 Å². The predicted octanol–water partition coefficient (Wildman–Crippen LogP) is 1.61. The van der Waals surface area contributed by atoms with E-state index in [4.69, 9.17) is 4.74 Å². The van der Waals surface area contributed by atoms with Crippen molar-refractivity contribution in [3.8, 4) is 0 Å². The van der Waals surface area contributed by atoms with Gasteiger partial charge in [0.25, 0.3) is 5.91 Å². The molecule has 200 valence electrons. The number of aliphatic hydroxyl groups is 1. The number of benzene rings is 1. The molecule has 1 aliphatic heterocycles. The Bertz CT molecular complexity index is 899. The Balaban J connectivity index is 2.11. The summed E-state index contributed by atoms with van der Waals surface area (Å²) in [5.41, 5.74) is 0.210. The Morgan fingerprint density at radius 2 is 1.78 bits per heavy atom. The van der Waals surface area contributed by atoms with Gasteiger partial charge in [-0.1, -0.05) is 44.2 Å². The minimum absolute atomic E-state index is 0.0494. The minimum Gasteiger partial charge on any atom is -0.445 e. The zero-order chi connectivity index (χ0) is 26.9. The molecule has 0 saturated carbocycles. The van der Waals surface area contributed by atoms with Gasteiger partial charge in [-0.15, -0.1) is 0 Å². The van der Waals surface area contributed by atoms with E-state index in [2.05, 4.69) is 21.3 Å². The fraction of sp³-hybridized carbons (Fsp3) is 0.615. The number of nitrogens with one attached hydrogen (secondary N) is 4. The van der Waals surface area contributed by atoms with Gasteiger partial charge in [0.15, 0.2) is 6.10 Å². The zero-order valence-corrected chi connectivity index (χ0v) is 21.8. The van der Waals surface area contributed by atoms with Gasteiger partial charge in [0.2, 0.25) is 11.8 Å². The van der Waals surface area contributed by atoms with Gasteiger partial charge in [0.1, 0.15) is 12.6 Å². The van der Waals surface area contributed by atoms with Crippen LogP contribution in [-0.4, -0.2) is 59.2 Å². The summed E-state index contributed by atoms with van der Waals surface area (Å²) in [6.07, 6.45) is -1.39. The van der Waals surface area contributed by atoms with Crippen LogP contribution in [0.15, 0.2) is 30.3 Å². The zero-order valence-electron chi connectivity index (χ0n) is 21.8. The van der Waals surface area contributed by atoms with E-state index >= 15 is 0 Å². The summed E-state index contributed by atoms with van der Waals surface area (Å²) in [6.45, 7) is 9.69. The number of amides is 4. The Kier molecular flexibility index (Phi) is 10.7. The van der Waals surface area contributed by atoms with Crippen molar-refractivity contribution in [2.75, 3.05) is 6.54 Å². The van der Waals surface area contributed by atoms with Gasteiger partial charge in [-0.2, -0.15) is 0 Å².